The summed E-state index contributed by atoms with van der Waals surface area (Å²) >= 11 is 0. The Kier molecular flexibility index (Phi) is 4.50. The summed E-state index contributed by atoms with van der Waals surface area (Å²) in [5.74, 6) is -1.01. The second kappa shape index (κ2) is 5.44. The average molecular weight is 217 g/mol. The smallest absolute Gasteiger partial charge is 0.308 e. The maximum absolute atomic E-state index is 10.8. The third-order valence-corrected chi connectivity index (χ3v) is 2.98. The van der Waals surface area contributed by atoms with Crippen LogP contribution in [0.3, 0.4) is 0 Å². The highest BCUT2D eigenvalue weighted by molar-refractivity contribution is 5.72. The summed E-state index contributed by atoms with van der Waals surface area (Å²) < 4.78 is 4.82. The molecule has 2 N–H and O–H groups in total. The normalized spacial score (nSPS) is 27.5. The van der Waals surface area contributed by atoms with Crippen molar-refractivity contribution in [3.05, 3.63) is 0 Å². The number of hydrogen-bond donors (Lipinski definition) is 2. The predicted molar refractivity (Wildman–Crippen MR) is 54.7 cm³/mol. The molecule has 0 aromatic rings. The number of carboxylic acids is 1. The topological polar surface area (TPSA) is 70.0 Å². The molecule has 0 saturated heterocycles. The predicted octanol–water partition coefficient (Wildman–Crippen LogP) is -0.211. The lowest BCUT2D eigenvalue weighted by Gasteiger charge is -2.40. The molecular formula is C10H19NO4. The summed E-state index contributed by atoms with van der Waals surface area (Å²) in [6.07, 6.45) is 1.09. The van der Waals surface area contributed by atoms with Gasteiger partial charge in [-0.25, -0.2) is 0 Å². The highest BCUT2D eigenvalue weighted by Gasteiger charge is 2.39. The van der Waals surface area contributed by atoms with Gasteiger partial charge < -0.3 is 14.9 Å². The zero-order valence-corrected chi connectivity index (χ0v) is 9.22. The van der Waals surface area contributed by atoms with Crippen molar-refractivity contribution < 1.29 is 19.7 Å². The zero-order valence-electron chi connectivity index (χ0n) is 9.22. The maximum atomic E-state index is 10.8. The molecular weight excluding hydrogens is 198 g/mol. The Labute approximate surface area is 89.6 Å². The first-order valence-electron chi connectivity index (χ1n) is 5.16. The molecule has 0 heterocycles. The van der Waals surface area contributed by atoms with E-state index in [0.29, 0.717) is 6.54 Å². The molecule has 0 radical (unpaired) electrons. The number of aliphatic hydroxyl groups excluding tert-OH is 1. The molecule has 5 nitrogen and oxygen atoms in total. The zero-order chi connectivity index (χ0) is 11.4. The monoisotopic (exact) mass is 217 g/mol. The number of aliphatic hydroxyl groups is 1. The van der Waals surface area contributed by atoms with Crippen molar-refractivity contribution in [2.24, 2.45) is 5.92 Å². The van der Waals surface area contributed by atoms with E-state index in [4.69, 9.17) is 9.84 Å². The maximum Gasteiger partial charge on any atom is 0.308 e. The molecule has 1 aliphatic rings. The number of hydrogen-bond acceptors (Lipinski definition) is 4. The lowest BCUT2D eigenvalue weighted by molar-refractivity contribution is -0.149. The van der Waals surface area contributed by atoms with E-state index in [9.17, 15) is 9.90 Å². The van der Waals surface area contributed by atoms with Crippen molar-refractivity contribution in [2.75, 3.05) is 27.3 Å². The second-order valence-corrected chi connectivity index (χ2v) is 4.14. The summed E-state index contributed by atoms with van der Waals surface area (Å²) in [6.45, 7) is 0.747. The lowest BCUT2D eigenvalue weighted by Crippen LogP contribution is -2.50. The molecule has 0 amide bonds. The number of likely N-dealkylation sites (N-methyl/N-ethyl adjacent to an activating group) is 1. The summed E-state index contributed by atoms with van der Waals surface area (Å²) in [6, 6.07) is 0.0639. The third-order valence-electron chi connectivity index (χ3n) is 2.98. The Balaban J connectivity index is 2.34. The molecule has 15 heavy (non-hydrogen) atoms. The molecule has 0 bridgehead atoms. The van der Waals surface area contributed by atoms with E-state index in [2.05, 4.69) is 0 Å². The lowest BCUT2D eigenvalue weighted by atomic mass is 9.78. The molecule has 1 fully saturated rings. The van der Waals surface area contributed by atoms with E-state index in [0.717, 1.165) is 12.8 Å². The van der Waals surface area contributed by atoms with Gasteiger partial charge in [-0.3, -0.25) is 9.69 Å². The number of ether oxygens (including phenoxy) is 1. The van der Waals surface area contributed by atoms with Gasteiger partial charge in [0.2, 0.25) is 0 Å². The highest BCUT2D eigenvalue weighted by atomic mass is 16.5. The standard InChI is InChI=1S/C10H19NO4/c1-11(5-7(12)6-15-2)9-4-3-8(9)10(13)14/h7-9,12H,3-6H2,1-2H3,(H,13,14). The van der Waals surface area contributed by atoms with Crippen LogP contribution >= 0.6 is 0 Å². The van der Waals surface area contributed by atoms with Gasteiger partial charge in [0.05, 0.1) is 18.6 Å². The SMILES string of the molecule is COCC(O)CN(C)C1CCC1C(=O)O. The van der Waals surface area contributed by atoms with Crippen LogP contribution in [-0.2, 0) is 9.53 Å². The fourth-order valence-corrected chi connectivity index (χ4v) is 2.01. The Morgan fingerprint density at radius 3 is 2.67 bits per heavy atom. The fourth-order valence-electron chi connectivity index (χ4n) is 2.01. The molecule has 5 heteroatoms. The number of nitrogens with zero attached hydrogens (tertiary/aromatic N) is 1. The fraction of sp³-hybridized carbons (Fsp3) is 0.900. The summed E-state index contributed by atoms with van der Waals surface area (Å²) in [5, 5.41) is 18.4. The van der Waals surface area contributed by atoms with Gasteiger partial charge in [0.15, 0.2) is 0 Å². The molecule has 88 valence electrons. The number of carboxylic acid groups (broad SMARTS) is 1. The van der Waals surface area contributed by atoms with Crippen LogP contribution in [0.25, 0.3) is 0 Å². The number of rotatable bonds is 6. The van der Waals surface area contributed by atoms with E-state index >= 15 is 0 Å². The first-order valence-corrected chi connectivity index (χ1v) is 5.16. The van der Waals surface area contributed by atoms with E-state index in [-0.39, 0.29) is 18.6 Å². The van der Waals surface area contributed by atoms with Crippen LogP contribution in [0.15, 0.2) is 0 Å². The second-order valence-electron chi connectivity index (χ2n) is 4.14. The number of aliphatic carboxylic acids is 1. The number of methoxy groups -OCH3 is 1. The molecule has 1 saturated carbocycles. The summed E-state index contributed by atoms with van der Waals surface area (Å²) in [5.41, 5.74) is 0. The Bertz CT molecular complexity index is 221. The molecule has 3 unspecified atom stereocenters. The summed E-state index contributed by atoms with van der Waals surface area (Å²) in [4.78, 5) is 12.7. The minimum atomic E-state index is -0.737. The van der Waals surface area contributed by atoms with E-state index in [1.165, 1.54) is 7.11 Å². The van der Waals surface area contributed by atoms with Gasteiger partial charge in [-0.15, -0.1) is 0 Å². The van der Waals surface area contributed by atoms with Crippen molar-refractivity contribution in [1.82, 2.24) is 4.90 Å². The van der Waals surface area contributed by atoms with Crippen molar-refractivity contribution in [2.45, 2.75) is 25.0 Å². The number of carbonyl (C=O) groups is 1. The van der Waals surface area contributed by atoms with Gasteiger partial charge in [-0.05, 0) is 19.9 Å². The first kappa shape index (κ1) is 12.4. The van der Waals surface area contributed by atoms with Gasteiger partial charge in [-0.2, -0.15) is 0 Å². The van der Waals surface area contributed by atoms with E-state index < -0.39 is 12.1 Å². The van der Waals surface area contributed by atoms with Crippen LogP contribution in [0, 0.1) is 5.92 Å². The van der Waals surface area contributed by atoms with Crippen LogP contribution in [0.2, 0.25) is 0 Å². The van der Waals surface area contributed by atoms with Crippen LogP contribution in [-0.4, -0.2) is 60.5 Å². The third kappa shape index (κ3) is 3.15. The van der Waals surface area contributed by atoms with Crippen LogP contribution in [0.4, 0.5) is 0 Å². The molecule has 0 aromatic carbocycles. The highest BCUT2D eigenvalue weighted by Crippen LogP contribution is 2.31. The Morgan fingerprint density at radius 2 is 2.27 bits per heavy atom. The van der Waals surface area contributed by atoms with Gasteiger partial charge >= 0.3 is 5.97 Å². The van der Waals surface area contributed by atoms with Crippen molar-refractivity contribution in [3.63, 3.8) is 0 Å². The van der Waals surface area contributed by atoms with Crippen LogP contribution < -0.4 is 0 Å². The van der Waals surface area contributed by atoms with Gasteiger partial charge in [0, 0.05) is 19.7 Å². The molecule has 1 rings (SSSR count). The van der Waals surface area contributed by atoms with Gasteiger partial charge in [0.25, 0.3) is 0 Å². The molecule has 1 aliphatic carbocycles. The largest absolute Gasteiger partial charge is 0.481 e. The average Bonchev–Trinajstić information content (AvgIpc) is 1.99. The van der Waals surface area contributed by atoms with E-state index in [1.54, 1.807) is 0 Å². The quantitative estimate of drug-likeness (QED) is 0.644. The Morgan fingerprint density at radius 1 is 1.60 bits per heavy atom. The Hall–Kier alpha value is -0.650. The summed E-state index contributed by atoms with van der Waals surface area (Å²) in [7, 11) is 3.38. The van der Waals surface area contributed by atoms with Crippen molar-refractivity contribution in [1.29, 1.82) is 0 Å². The molecule has 3 atom stereocenters. The molecule has 0 spiro atoms. The minimum Gasteiger partial charge on any atom is -0.481 e. The van der Waals surface area contributed by atoms with Crippen LogP contribution in [0.5, 0.6) is 0 Å². The van der Waals surface area contributed by atoms with E-state index in [1.807, 2.05) is 11.9 Å². The minimum absolute atomic E-state index is 0.0639. The van der Waals surface area contributed by atoms with Gasteiger partial charge in [0.1, 0.15) is 0 Å². The van der Waals surface area contributed by atoms with Crippen LogP contribution in [0.1, 0.15) is 12.8 Å². The van der Waals surface area contributed by atoms with Crippen molar-refractivity contribution >= 4 is 5.97 Å². The molecule has 0 aromatic heterocycles. The molecule has 0 aliphatic heterocycles. The van der Waals surface area contributed by atoms with Crippen molar-refractivity contribution in [3.8, 4) is 0 Å². The van der Waals surface area contributed by atoms with Gasteiger partial charge in [-0.1, -0.05) is 0 Å². The first-order chi connectivity index (χ1) is 7.06.